The Hall–Kier alpha value is -1.75. The summed E-state index contributed by atoms with van der Waals surface area (Å²) in [5.74, 6) is 2.55. The van der Waals surface area contributed by atoms with E-state index in [1.165, 1.54) is 0 Å². The normalized spacial score (nSPS) is 11.4. The molecule has 1 aromatic rings. The first-order chi connectivity index (χ1) is 6.81. The Kier molecular flexibility index (Phi) is 3.75. The van der Waals surface area contributed by atoms with Crippen LogP contribution in [0.4, 0.5) is 0 Å². The highest BCUT2D eigenvalue weighted by molar-refractivity contribution is 5.48. The van der Waals surface area contributed by atoms with Gasteiger partial charge in [-0.05, 0) is 24.1 Å². The summed E-state index contributed by atoms with van der Waals surface area (Å²) in [6.45, 7) is 2.02. The average Bonchev–Trinajstić information content (AvgIpc) is 2.26. The van der Waals surface area contributed by atoms with Gasteiger partial charge in [-0.3, -0.25) is 4.79 Å². The molecular formula is C12H13NO. The Morgan fingerprint density at radius 2 is 2.14 bits per heavy atom. The van der Waals surface area contributed by atoms with E-state index < -0.39 is 0 Å². The van der Waals surface area contributed by atoms with Crippen LogP contribution >= 0.6 is 0 Å². The van der Waals surface area contributed by atoms with Crippen LogP contribution in [0.15, 0.2) is 24.3 Å². The molecule has 72 valence electrons. The van der Waals surface area contributed by atoms with E-state index in [0.717, 1.165) is 24.0 Å². The summed E-state index contributed by atoms with van der Waals surface area (Å²) in [5.41, 5.74) is 1.94. The Balaban J connectivity index is 2.84. The quantitative estimate of drug-likeness (QED) is 0.565. The van der Waals surface area contributed by atoms with Gasteiger partial charge in [0.15, 0.2) is 0 Å². The fourth-order valence-electron chi connectivity index (χ4n) is 1.34. The van der Waals surface area contributed by atoms with Crippen molar-refractivity contribution in [3.63, 3.8) is 0 Å². The minimum atomic E-state index is 0.0827. The molecule has 1 amide bonds. The van der Waals surface area contributed by atoms with E-state index in [4.69, 9.17) is 6.42 Å². The molecule has 0 bridgehead atoms. The first-order valence-corrected chi connectivity index (χ1v) is 4.58. The summed E-state index contributed by atoms with van der Waals surface area (Å²) in [6, 6.07) is 7.73. The minimum absolute atomic E-state index is 0.0827. The van der Waals surface area contributed by atoms with Gasteiger partial charge in [0.2, 0.25) is 6.41 Å². The van der Waals surface area contributed by atoms with Crippen LogP contribution in [0.3, 0.4) is 0 Å². The Labute approximate surface area is 84.3 Å². The van der Waals surface area contributed by atoms with Crippen molar-refractivity contribution in [2.24, 2.45) is 0 Å². The predicted molar refractivity (Wildman–Crippen MR) is 56.6 cm³/mol. The molecule has 1 aromatic carbocycles. The van der Waals surface area contributed by atoms with Crippen molar-refractivity contribution in [1.82, 2.24) is 5.32 Å². The lowest BCUT2D eigenvalue weighted by molar-refractivity contribution is -0.110. The topological polar surface area (TPSA) is 29.1 Å². The summed E-state index contributed by atoms with van der Waals surface area (Å²) >= 11 is 0. The monoisotopic (exact) mass is 187 g/mol. The Morgan fingerprint density at radius 3 is 2.57 bits per heavy atom. The highest BCUT2D eigenvalue weighted by atomic mass is 16.1. The van der Waals surface area contributed by atoms with E-state index in [2.05, 4.69) is 11.2 Å². The van der Waals surface area contributed by atoms with Crippen LogP contribution in [0, 0.1) is 12.3 Å². The molecule has 0 radical (unpaired) electrons. The molecule has 0 heterocycles. The van der Waals surface area contributed by atoms with Crippen LogP contribution in [-0.2, 0) is 4.79 Å². The van der Waals surface area contributed by atoms with Crippen molar-refractivity contribution in [3.8, 4) is 12.3 Å². The third-order valence-electron chi connectivity index (χ3n) is 2.16. The second-order valence-corrected chi connectivity index (χ2v) is 3.01. The van der Waals surface area contributed by atoms with Crippen molar-refractivity contribution in [2.75, 3.05) is 0 Å². The van der Waals surface area contributed by atoms with Gasteiger partial charge >= 0.3 is 0 Å². The van der Waals surface area contributed by atoms with Gasteiger partial charge < -0.3 is 5.32 Å². The van der Waals surface area contributed by atoms with Crippen LogP contribution in [0.5, 0.6) is 0 Å². The molecule has 1 N–H and O–H groups in total. The predicted octanol–water partition coefficient (Wildman–Crippen LogP) is 1.86. The molecule has 14 heavy (non-hydrogen) atoms. The molecule has 0 fully saturated rings. The van der Waals surface area contributed by atoms with Crippen molar-refractivity contribution >= 4 is 6.41 Å². The molecule has 1 rings (SSSR count). The van der Waals surface area contributed by atoms with Crippen LogP contribution in [0.1, 0.15) is 30.5 Å². The molecule has 0 aliphatic carbocycles. The number of benzene rings is 1. The summed E-state index contributed by atoms with van der Waals surface area (Å²) in [5, 5.41) is 2.75. The van der Waals surface area contributed by atoms with Gasteiger partial charge in [-0.15, -0.1) is 6.42 Å². The zero-order valence-electron chi connectivity index (χ0n) is 8.16. The van der Waals surface area contributed by atoms with E-state index in [-0.39, 0.29) is 6.04 Å². The second-order valence-electron chi connectivity index (χ2n) is 3.01. The van der Waals surface area contributed by atoms with Gasteiger partial charge in [-0.25, -0.2) is 0 Å². The van der Waals surface area contributed by atoms with E-state index in [9.17, 15) is 4.79 Å². The molecule has 0 spiro atoms. The largest absolute Gasteiger partial charge is 0.352 e. The fourth-order valence-corrected chi connectivity index (χ4v) is 1.34. The van der Waals surface area contributed by atoms with Gasteiger partial charge in [0, 0.05) is 5.56 Å². The van der Waals surface area contributed by atoms with E-state index >= 15 is 0 Å². The van der Waals surface area contributed by atoms with E-state index in [1.807, 2.05) is 31.2 Å². The summed E-state index contributed by atoms with van der Waals surface area (Å²) in [4.78, 5) is 10.3. The number of hydrogen-bond acceptors (Lipinski definition) is 1. The minimum Gasteiger partial charge on any atom is -0.352 e. The van der Waals surface area contributed by atoms with Gasteiger partial charge in [0.25, 0.3) is 0 Å². The zero-order valence-corrected chi connectivity index (χ0v) is 8.16. The molecule has 2 heteroatoms. The van der Waals surface area contributed by atoms with Crippen molar-refractivity contribution in [2.45, 2.75) is 19.4 Å². The number of terminal acetylenes is 1. The summed E-state index contributed by atoms with van der Waals surface area (Å²) < 4.78 is 0. The third-order valence-corrected chi connectivity index (χ3v) is 2.16. The maximum absolute atomic E-state index is 10.3. The SMILES string of the molecule is C#Cc1ccc(C(CC)NC=O)cc1. The Bertz CT molecular complexity index is 334. The van der Waals surface area contributed by atoms with Crippen LogP contribution < -0.4 is 5.32 Å². The van der Waals surface area contributed by atoms with Crippen molar-refractivity contribution in [1.29, 1.82) is 0 Å². The third kappa shape index (κ3) is 2.37. The van der Waals surface area contributed by atoms with Crippen LogP contribution in [0.25, 0.3) is 0 Å². The summed E-state index contributed by atoms with van der Waals surface area (Å²) in [7, 11) is 0. The number of carbonyl (C=O) groups excluding carboxylic acids is 1. The van der Waals surface area contributed by atoms with E-state index in [1.54, 1.807) is 0 Å². The lowest BCUT2D eigenvalue weighted by Crippen LogP contribution is -2.18. The molecule has 2 nitrogen and oxygen atoms in total. The maximum Gasteiger partial charge on any atom is 0.207 e. The molecule has 1 unspecified atom stereocenters. The highest BCUT2D eigenvalue weighted by Gasteiger charge is 2.06. The maximum atomic E-state index is 10.3. The number of rotatable bonds is 4. The molecular weight excluding hydrogens is 174 g/mol. The first kappa shape index (κ1) is 10.3. The van der Waals surface area contributed by atoms with E-state index in [0.29, 0.717) is 0 Å². The van der Waals surface area contributed by atoms with Gasteiger partial charge in [0.1, 0.15) is 0 Å². The molecule has 0 saturated carbocycles. The fraction of sp³-hybridized carbons (Fsp3) is 0.250. The molecule has 0 aromatic heterocycles. The van der Waals surface area contributed by atoms with Gasteiger partial charge in [-0.1, -0.05) is 25.0 Å². The highest BCUT2D eigenvalue weighted by Crippen LogP contribution is 2.16. The smallest absolute Gasteiger partial charge is 0.207 e. The van der Waals surface area contributed by atoms with Crippen LogP contribution in [0.2, 0.25) is 0 Å². The lowest BCUT2D eigenvalue weighted by atomic mass is 10.0. The Morgan fingerprint density at radius 1 is 1.50 bits per heavy atom. The molecule has 0 aliphatic heterocycles. The number of nitrogens with one attached hydrogen (secondary N) is 1. The molecule has 1 atom stereocenters. The second kappa shape index (κ2) is 5.08. The molecule has 0 saturated heterocycles. The van der Waals surface area contributed by atoms with Gasteiger partial charge in [0.05, 0.1) is 6.04 Å². The van der Waals surface area contributed by atoms with Crippen molar-refractivity contribution in [3.05, 3.63) is 35.4 Å². The number of amides is 1. The number of hydrogen-bond donors (Lipinski definition) is 1. The first-order valence-electron chi connectivity index (χ1n) is 4.58. The summed E-state index contributed by atoms with van der Waals surface area (Å²) in [6.07, 6.45) is 6.84. The zero-order chi connectivity index (χ0) is 10.4. The molecule has 0 aliphatic rings. The average molecular weight is 187 g/mol. The van der Waals surface area contributed by atoms with Gasteiger partial charge in [-0.2, -0.15) is 0 Å². The standard InChI is InChI=1S/C12H13NO/c1-3-10-5-7-11(8-6-10)12(4-2)13-9-14/h1,5-9,12H,4H2,2H3,(H,13,14). The van der Waals surface area contributed by atoms with Crippen molar-refractivity contribution < 1.29 is 4.79 Å². The van der Waals surface area contributed by atoms with Crippen LogP contribution in [-0.4, -0.2) is 6.41 Å². The lowest BCUT2D eigenvalue weighted by Gasteiger charge is -2.13. The number of carbonyl (C=O) groups is 1.